The van der Waals surface area contributed by atoms with E-state index in [4.69, 9.17) is 23.4 Å². The topological polar surface area (TPSA) is 56.4 Å². The summed E-state index contributed by atoms with van der Waals surface area (Å²) < 4.78 is 0. The van der Waals surface area contributed by atoms with Crippen molar-refractivity contribution in [3.8, 4) is 0 Å². The molecule has 1 heterocycles. The van der Waals surface area contributed by atoms with Gasteiger partial charge in [-0.2, -0.15) is 0 Å². The van der Waals surface area contributed by atoms with Gasteiger partial charge in [0.2, 0.25) is 0 Å². The molecule has 0 saturated heterocycles. The first kappa shape index (κ1) is 14.9. The van der Waals surface area contributed by atoms with Crippen LogP contribution in [0.3, 0.4) is 0 Å². The van der Waals surface area contributed by atoms with Gasteiger partial charge in [0, 0.05) is 16.8 Å². The summed E-state index contributed by atoms with van der Waals surface area (Å²) in [6.07, 6.45) is 0. The SMILES string of the molecule is CN(C(=N)CN1c2ccccc2Sc2ccccc21)C(N)=S. The van der Waals surface area contributed by atoms with Crippen molar-refractivity contribution in [1.82, 2.24) is 4.90 Å². The third-order valence-corrected chi connectivity index (χ3v) is 4.98. The number of hydrogen-bond donors (Lipinski definition) is 2. The fourth-order valence-corrected chi connectivity index (χ4v) is 3.55. The Labute approximate surface area is 139 Å². The van der Waals surface area contributed by atoms with Gasteiger partial charge in [0.15, 0.2) is 5.11 Å². The fourth-order valence-electron chi connectivity index (χ4n) is 2.34. The predicted molar refractivity (Wildman–Crippen MR) is 96.3 cm³/mol. The molecular weight excluding hydrogens is 312 g/mol. The van der Waals surface area contributed by atoms with E-state index < -0.39 is 0 Å². The molecule has 0 aliphatic carbocycles. The average Bonchev–Trinajstić information content (AvgIpc) is 2.53. The molecule has 112 valence electrons. The number of hydrogen-bond acceptors (Lipinski definition) is 4. The van der Waals surface area contributed by atoms with E-state index in [9.17, 15) is 0 Å². The summed E-state index contributed by atoms with van der Waals surface area (Å²) in [4.78, 5) is 6.04. The number of nitrogens with two attached hydrogens (primary N) is 1. The molecule has 0 unspecified atom stereocenters. The molecule has 2 aromatic rings. The zero-order valence-corrected chi connectivity index (χ0v) is 13.7. The summed E-state index contributed by atoms with van der Waals surface area (Å²) in [5.74, 6) is 0.365. The maximum atomic E-state index is 8.25. The molecule has 6 heteroatoms. The van der Waals surface area contributed by atoms with E-state index in [1.165, 1.54) is 14.7 Å². The van der Waals surface area contributed by atoms with Gasteiger partial charge in [0.05, 0.1) is 17.9 Å². The van der Waals surface area contributed by atoms with Crippen LogP contribution in [-0.4, -0.2) is 29.4 Å². The van der Waals surface area contributed by atoms with Crippen LogP contribution in [0.15, 0.2) is 58.3 Å². The molecule has 0 spiro atoms. The lowest BCUT2D eigenvalue weighted by molar-refractivity contribution is 0.730. The second-order valence-electron chi connectivity index (χ2n) is 4.97. The standard InChI is InChI=1S/C16H16N4S2/c1-19(16(18)21)15(17)10-20-11-6-2-4-8-13(11)22-14-9-5-3-7-12(14)20/h2-9,17H,10H2,1H3,(H2,18,21). The highest BCUT2D eigenvalue weighted by Gasteiger charge is 2.24. The minimum absolute atomic E-state index is 0.206. The summed E-state index contributed by atoms with van der Waals surface area (Å²) in [7, 11) is 1.72. The van der Waals surface area contributed by atoms with Gasteiger partial charge in [-0.3, -0.25) is 5.41 Å². The number of likely N-dealkylation sites (N-methyl/N-ethyl adjacent to an activating group) is 1. The molecule has 0 saturated carbocycles. The van der Waals surface area contributed by atoms with E-state index in [1.54, 1.807) is 18.8 Å². The van der Waals surface area contributed by atoms with E-state index in [0.29, 0.717) is 12.4 Å². The first-order valence-corrected chi connectivity index (χ1v) is 8.04. The Morgan fingerprint density at radius 3 is 2.14 bits per heavy atom. The van der Waals surface area contributed by atoms with E-state index in [1.807, 2.05) is 24.3 Å². The fraction of sp³-hybridized carbons (Fsp3) is 0.125. The number of amidine groups is 1. The number of rotatable bonds is 2. The van der Waals surface area contributed by atoms with Gasteiger partial charge in [0.25, 0.3) is 0 Å². The van der Waals surface area contributed by atoms with Crippen LogP contribution in [-0.2, 0) is 0 Å². The van der Waals surface area contributed by atoms with Crippen LogP contribution in [0.25, 0.3) is 0 Å². The van der Waals surface area contributed by atoms with Gasteiger partial charge in [-0.05, 0) is 36.5 Å². The second-order valence-corrected chi connectivity index (χ2v) is 6.47. The Morgan fingerprint density at radius 2 is 1.64 bits per heavy atom. The summed E-state index contributed by atoms with van der Waals surface area (Å²) in [5.41, 5.74) is 7.83. The van der Waals surface area contributed by atoms with Crippen LogP contribution in [0.1, 0.15) is 0 Å². The highest BCUT2D eigenvalue weighted by Crippen LogP contribution is 2.47. The van der Waals surface area contributed by atoms with Crippen molar-refractivity contribution >= 4 is 46.3 Å². The molecule has 0 bridgehead atoms. The number of nitrogens with one attached hydrogen (secondary N) is 1. The molecule has 4 nitrogen and oxygen atoms in total. The van der Waals surface area contributed by atoms with Crippen molar-refractivity contribution in [1.29, 1.82) is 5.41 Å². The molecule has 22 heavy (non-hydrogen) atoms. The molecule has 2 aromatic carbocycles. The number of para-hydroxylation sites is 2. The Hall–Kier alpha value is -2.05. The third kappa shape index (κ3) is 2.67. The monoisotopic (exact) mass is 328 g/mol. The van der Waals surface area contributed by atoms with Crippen molar-refractivity contribution in [3.05, 3.63) is 48.5 Å². The Bertz CT molecular complexity index is 699. The second kappa shape index (κ2) is 5.98. The molecule has 0 aromatic heterocycles. The minimum atomic E-state index is 0.206. The van der Waals surface area contributed by atoms with Gasteiger partial charge < -0.3 is 15.5 Å². The van der Waals surface area contributed by atoms with Crippen molar-refractivity contribution < 1.29 is 0 Å². The summed E-state index contributed by atoms with van der Waals surface area (Å²) in [5, 5.41) is 8.46. The summed E-state index contributed by atoms with van der Waals surface area (Å²) in [6, 6.07) is 16.4. The highest BCUT2D eigenvalue weighted by atomic mass is 32.2. The molecule has 1 aliphatic rings. The lowest BCUT2D eigenvalue weighted by atomic mass is 10.2. The first-order chi connectivity index (χ1) is 10.6. The van der Waals surface area contributed by atoms with Gasteiger partial charge in [-0.1, -0.05) is 36.0 Å². The molecule has 3 rings (SSSR count). The largest absolute Gasteiger partial charge is 0.376 e. The van der Waals surface area contributed by atoms with Gasteiger partial charge in [-0.25, -0.2) is 0 Å². The van der Waals surface area contributed by atoms with Gasteiger partial charge >= 0.3 is 0 Å². The number of anilines is 2. The maximum Gasteiger partial charge on any atom is 0.171 e. The number of benzene rings is 2. The van der Waals surface area contributed by atoms with Crippen LogP contribution in [0, 0.1) is 5.41 Å². The van der Waals surface area contributed by atoms with Crippen LogP contribution in [0.2, 0.25) is 0 Å². The van der Waals surface area contributed by atoms with E-state index >= 15 is 0 Å². The molecule has 3 N–H and O–H groups in total. The smallest absolute Gasteiger partial charge is 0.171 e. The highest BCUT2D eigenvalue weighted by molar-refractivity contribution is 7.99. The Balaban J connectivity index is 2.00. The van der Waals surface area contributed by atoms with Crippen molar-refractivity contribution in [2.45, 2.75) is 9.79 Å². The Kier molecular flexibility index (Phi) is 4.04. The summed E-state index contributed by atoms with van der Waals surface area (Å²) >= 11 is 6.71. The normalized spacial score (nSPS) is 12.3. The molecule has 0 atom stereocenters. The quantitative estimate of drug-likeness (QED) is 0.502. The molecule has 0 amide bonds. The van der Waals surface area contributed by atoms with E-state index in [-0.39, 0.29) is 5.11 Å². The van der Waals surface area contributed by atoms with Gasteiger partial charge in [0.1, 0.15) is 5.84 Å². The van der Waals surface area contributed by atoms with Crippen LogP contribution in [0.5, 0.6) is 0 Å². The number of nitrogens with zero attached hydrogens (tertiary/aromatic N) is 2. The number of fused-ring (bicyclic) bond motifs is 2. The van der Waals surface area contributed by atoms with Crippen molar-refractivity contribution in [2.24, 2.45) is 5.73 Å². The Morgan fingerprint density at radius 1 is 1.14 bits per heavy atom. The summed E-state index contributed by atoms with van der Waals surface area (Å²) in [6.45, 7) is 0.419. The zero-order chi connectivity index (χ0) is 15.7. The maximum absolute atomic E-state index is 8.25. The van der Waals surface area contributed by atoms with Crippen LogP contribution in [0.4, 0.5) is 11.4 Å². The molecule has 1 aliphatic heterocycles. The lowest BCUT2D eigenvalue weighted by Crippen LogP contribution is -2.42. The first-order valence-electron chi connectivity index (χ1n) is 6.82. The number of thiocarbonyl (C=S) groups is 1. The van der Waals surface area contributed by atoms with Crippen molar-refractivity contribution in [2.75, 3.05) is 18.5 Å². The predicted octanol–water partition coefficient (Wildman–Crippen LogP) is 3.44. The zero-order valence-electron chi connectivity index (χ0n) is 12.1. The average molecular weight is 328 g/mol. The third-order valence-electron chi connectivity index (χ3n) is 3.58. The van der Waals surface area contributed by atoms with E-state index in [0.717, 1.165) is 11.4 Å². The lowest BCUT2D eigenvalue weighted by Gasteiger charge is -2.34. The van der Waals surface area contributed by atoms with Gasteiger partial charge in [-0.15, -0.1) is 0 Å². The molecule has 0 radical (unpaired) electrons. The van der Waals surface area contributed by atoms with E-state index in [2.05, 4.69) is 29.2 Å². The van der Waals surface area contributed by atoms with Crippen LogP contribution >= 0.6 is 24.0 Å². The molecular formula is C16H16N4S2. The van der Waals surface area contributed by atoms with Crippen LogP contribution < -0.4 is 10.6 Å². The van der Waals surface area contributed by atoms with Crippen molar-refractivity contribution in [3.63, 3.8) is 0 Å². The molecule has 0 fully saturated rings. The minimum Gasteiger partial charge on any atom is -0.376 e.